The highest BCUT2D eigenvalue weighted by atomic mass is 79.9. The summed E-state index contributed by atoms with van der Waals surface area (Å²) in [5.74, 6) is 0.310. The molecule has 2 saturated carbocycles. The number of fused-ring (bicyclic) bond motifs is 2. The third kappa shape index (κ3) is 5.99. The van der Waals surface area contributed by atoms with Gasteiger partial charge in [-0.1, -0.05) is 12.8 Å². The molecule has 0 bridgehead atoms. The number of carbonyl (C=O) groups excluding carboxylic acids is 4. The first-order valence-electron chi connectivity index (χ1n) is 13.9. The lowest BCUT2D eigenvalue weighted by atomic mass is 9.84. The number of hydrogen-bond donors (Lipinski definition) is 2. The molecular weight excluding hydrogens is 583 g/mol. The van der Waals surface area contributed by atoms with Gasteiger partial charge in [-0.3, -0.25) is 9.59 Å². The standard InChI is InChI=1S/C14H17NO3.C11H12BrNO3.C3H7BO2/c1-3-18-14(17)13-9-6-7-10(16)11(9)12(15(13)2)8-4-5-8;1-3-16-11(15)9-6-4-5-7(14)8(6)10(12)13(9)2;5-4(6)3-1-2-3/h8H,3-7H2,1-2H3;3-5H2,1-2H3;3,5-6H,1-2H2. The third-order valence-electron chi connectivity index (χ3n) is 7.67. The molecule has 0 aromatic carbocycles. The maximum absolute atomic E-state index is 12.0. The molecule has 0 atom stereocenters. The van der Waals surface area contributed by atoms with E-state index < -0.39 is 7.12 Å². The molecule has 12 heteroatoms. The van der Waals surface area contributed by atoms with Crippen molar-refractivity contribution < 1.29 is 38.7 Å². The summed E-state index contributed by atoms with van der Waals surface area (Å²) < 4.78 is 14.4. The summed E-state index contributed by atoms with van der Waals surface area (Å²) in [5, 5.41) is 16.5. The SMILES string of the molecule is CCOC(=O)c1c2c(c(Br)n1C)C(=O)CC2.CCOC(=O)c1c2c(c(C3CC3)n1C)C(=O)CC2.OB(O)C1CC1. The molecule has 216 valence electrons. The molecule has 6 rings (SSSR count). The molecule has 4 aliphatic carbocycles. The van der Waals surface area contributed by atoms with Crippen LogP contribution in [0.15, 0.2) is 4.60 Å². The Morgan fingerprint density at radius 3 is 1.73 bits per heavy atom. The largest absolute Gasteiger partial charge is 0.461 e. The summed E-state index contributed by atoms with van der Waals surface area (Å²) in [6.07, 6.45) is 6.58. The minimum atomic E-state index is -1.04. The number of halogens is 1. The average Bonchev–Trinajstić information content (AvgIpc) is 3.81. The number of esters is 2. The van der Waals surface area contributed by atoms with Gasteiger partial charge in [-0.2, -0.15) is 0 Å². The number of ether oxygens (including phenoxy) is 2. The number of nitrogens with zero attached hydrogens (tertiary/aromatic N) is 2. The molecule has 0 spiro atoms. The fourth-order valence-corrected chi connectivity index (χ4v) is 6.07. The summed E-state index contributed by atoms with van der Waals surface area (Å²) >= 11 is 3.35. The predicted octanol–water partition coefficient (Wildman–Crippen LogP) is 3.92. The van der Waals surface area contributed by atoms with Crippen LogP contribution in [0.5, 0.6) is 0 Å². The van der Waals surface area contributed by atoms with Crippen LogP contribution < -0.4 is 0 Å². The van der Waals surface area contributed by atoms with E-state index in [0.717, 1.165) is 48.1 Å². The molecule has 10 nitrogen and oxygen atoms in total. The molecule has 2 aromatic heterocycles. The molecule has 0 saturated heterocycles. The minimum Gasteiger partial charge on any atom is -0.461 e. The Labute approximate surface area is 242 Å². The lowest BCUT2D eigenvalue weighted by Crippen LogP contribution is -2.13. The zero-order valence-electron chi connectivity index (χ0n) is 23.4. The molecule has 2 aromatic rings. The molecule has 0 aliphatic heterocycles. The fraction of sp³-hybridized carbons (Fsp3) is 0.571. The minimum absolute atomic E-state index is 0.0908. The number of Topliss-reactive ketones (excluding diaryl/α,β-unsaturated/α-hetero) is 2. The quantitative estimate of drug-likeness (QED) is 0.367. The van der Waals surface area contributed by atoms with Crippen molar-refractivity contribution in [2.45, 2.75) is 76.9 Å². The summed E-state index contributed by atoms with van der Waals surface area (Å²) in [6, 6.07) is 0. The average molecular weight is 619 g/mol. The van der Waals surface area contributed by atoms with Crippen molar-refractivity contribution in [3.05, 3.63) is 43.9 Å². The van der Waals surface area contributed by atoms with Crippen molar-refractivity contribution in [3.63, 3.8) is 0 Å². The molecule has 2 heterocycles. The Morgan fingerprint density at radius 2 is 1.30 bits per heavy atom. The normalized spacial score (nSPS) is 16.9. The van der Waals surface area contributed by atoms with E-state index in [4.69, 9.17) is 19.5 Å². The fourth-order valence-electron chi connectivity index (χ4n) is 5.43. The van der Waals surface area contributed by atoms with E-state index in [1.807, 2.05) is 11.6 Å². The van der Waals surface area contributed by atoms with Gasteiger partial charge in [0.1, 0.15) is 11.4 Å². The van der Waals surface area contributed by atoms with Crippen molar-refractivity contribution in [1.29, 1.82) is 0 Å². The van der Waals surface area contributed by atoms with Crippen LogP contribution in [-0.2, 0) is 36.4 Å². The topological polar surface area (TPSA) is 137 Å². The van der Waals surface area contributed by atoms with E-state index >= 15 is 0 Å². The molecule has 0 unspecified atom stereocenters. The second-order valence-corrected chi connectivity index (χ2v) is 11.3. The van der Waals surface area contributed by atoms with E-state index in [0.29, 0.717) is 66.4 Å². The third-order valence-corrected chi connectivity index (χ3v) is 8.60. The Balaban J connectivity index is 0.000000154. The van der Waals surface area contributed by atoms with Gasteiger partial charge in [0.05, 0.1) is 23.4 Å². The van der Waals surface area contributed by atoms with Gasteiger partial charge < -0.3 is 28.7 Å². The van der Waals surface area contributed by atoms with Crippen LogP contribution in [0.25, 0.3) is 0 Å². The molecule has 40 heavy (non-hydrogen) atoms. The van der Waals surface area contributed by atoms with E-state index in [2.05, 4.69) is 15.9 Å². The summed E-state index contributed by atoms with van der Waals surface area (Å²) in [7, 11) is 2.60. The first kappa shape index (κ1) is 30.3. The van der Waals surface area contributed by atoms with Crippen molar-refractivity contribution in [1.82, 2.24) is 9.13 Å². The second kappa shape index (κ2) is 12.4. The highest BCUT2D eigenvalue weighted by Gasteiger charge is 2.39. The monoisotopic (exact) mass is 618 g/mol. The van der Waals surface area contributed by atoms with Gasteiger partial charge in [0, 0.05) is 38.2 Å². The molecule has 0 radical (unpaired) electrons. The Morgan fingerprint density at radius 1 is 0.825 bits per heavy atom. The number of aromatic nitrogens is 2. The maximum atomic E-state index is 12.0. The van der Waals surface area contributed by atoms with Crippen LogP contribution in [0.4, 0.5) is 0 Å². The van der Waals surface area contributed by atoms with E-state index in [-0.39, 0.29) is 29.3 Å². The van der Waals surface area contributed by atoms with Crippen LogP contribution in [0.1, 0.15) is 117 Å². The van der Waals surface area contributed by atoms with Crippen molar-refractivity contribution >= 4 is 46.6 Å². The van der Waals surface area contributed by atoms with Gasteiger partial charge in [-0.05, 0) is 78.3 Å². The number of hydrogen-bond acceptors (Lipinski definition) is 8. The molecule has 2 fully saturated rings. The van der Waals surface area contributed by atoms with Gasteiger partial charge in [0.25, 0.3) is 0 Å². The van der Waals surface area contributed by atoms with Gasteiger partial charge in [-0.25, -0.2) is 9.59 Å². The summed E-state index contributed by atoms with van der Waals surface area (Å²) in [4.78, 5) is 47.4. The van der Waals surface area contributed by atoms with Crippen molar-refractivity contribution in [2.24, 2.45) is 14.1 Å². The highest BCUT2D eigenvalue weighted by molar-refractivity contribution is 9.10. The van der Waals surface area contributed by atoms with Crippen LogP contribution in [0, 0.1) is 0 Å². The van der Waals surface area contributed by atoms with Gasteiger partial charge >= 0.3 is 19.1 Å². The number of ketones is 2. The van der Waals surface area contributed by atoms with Crippen molar-refractivity contribution in [2.75, 3.05) is 13.2 Å². The number of rotatable bonds is 6. The molecular formula is C28H36BBrN2O8. The predicted molar refractivity (Wildman–Crippen MR) is 151 cm³/mol. The Kier molecular flexibility index (Phi) is 9.42. The summed E-state index contributed by atoms with van der Waals surface area (Å²) in [6.45, 7) is 4.27. The van der Waals surface area contributed by atoms with Gasteiger partial charge in [0.2, 0.25) is 0 Å². The zero-order chi connectivity index (χ0) is 29.3. The van der Waals surface area contributed by atoms with E-state index in [1.54, 1.807) is 25.5 Å². The molecule has 0 amide bonds. The lowest BCUT2D eigenvalue weighted by Gasteiger charge is -2.08. The number of carbonyl (C=O) groups is 4. The van der Waals surface area contributed by atoms with Crippen LogP contribution in [-0.4, -0.2) is 63.0 Å². The molecule has 4 aliphatic rings. The van der Waals surface area contributed by atoms with Gasteiger partial charge in [-0.15, -0.1) is 0 Å². The smallest absolute Gasteiger partial charge is 0.454 e. The first-order chi connectivity index (χ1) is 19.0. The maximum Gasteiger partial charge on any atom is 0.454 e. The lowest BCUT2D eigenvalue weighted by molar-refractivity contribution is 0.0504. The van der Waals surface area contributed by atoms with Crippen molar-refractivity contribution in [3.8, 4) is 0 Å². The Hall–Kier alpha value is -2.70. The van der Waals surface area contributed by atoms with Crippen LogP contribution >= 0.6 is 15.9 Å². The van der Waals surface area contributed by atoms with Crippen LogP contribution in [0.2, 0.25) is 5.82 Å². The van der Waals surface area contributed by atoms with Gasteiger partial charge in [0.15, 0.2) is 11.6 Å². The first-order valence-corrected chi connectivity index (χ1v) is 14.7. The zero-order valence-corrected chi connectivity index (χ0v) is 25.0. The van der Waals surface area contributed by atoms with E-state index in [9.17, 15) is 19.2 Å². The van der Waals surface area contributed by atoms with E-state index in [1.165, 1.54) is 0 Å². The molecule has 2 N–H and O–H groups in total. The summed E-state index contributed by atoms with van der Waals surface area (Å²) in [5.41, 5.74) is 5.36. The highest BCUT2D eigenvalue weighted by Crippen LogP contribution is 2.46. The van der Waals surface area contributed by atoms with Crippen LogP contribution in [0.3, 0.4) is 0 Å². The Bertz CT molecular complexity index is 1340. The second-order valence-electron chi connectivity index (χ2n) is 10.5.